The molecular weight excluding hydrogens is 1540 g/mol. The van der Waals surface area contributed by atoms with Gasteiger partial charge in [-0.05, 0) is 237 Å². The van der Waals surface area contributed by atoms with Gasteiger partial charge in [-0.1, -0.05) is 138 Å². The molecule has 0 radical (unpaired) electrons. The maximum atomic E-state index is 13.6. The molecule has 4 aliphatic heterocycles. The van der Waals surface area contributed by atoms with Crippen LogP contribution in [0.3, 0.4) is 0 Å². The average molecular weight is 1650 g/mol. The molecule has 5 aliphatic rings. The molecule has 0 bridgehead atoms. The number of amides is 4. The number of benzene rings is 8. The number of nitrogens with one attached hydrogen (secondary N) is 4. The highest BCUT2D eigenvalue weighted by Crippen LogP contribution is 2.44. The van der Waals surface area contributed by atoms with E-state index >= 15 is 0 Å². The Labute approximate surface area is 722 Å². The van der Waals surface area contributed by atoms with Crippen molar-refractivity contribution in [1.82, 2.24) is 65.1 Å². The number of aliphatic hydroxyl groups excluding tert-OH is 1. The summed E-state index contributed by atoms with van der Waals surface area (Å²) >= 11 is 0. The number of hydrogen-bond acceptors (Lipinski definition) is 13. The molecule has 21 heteroatoms. The molecular formula is C102H115N13O8. The van der Waals surface area contributed by atoms with Crippen LogP contribution >= 0.6 is 0 Å². The first-order chi connectivity index (χ1) is 59.3. The molecule has 1 saturated carbocycles. The lowest BCUT2D eigenvalue weighted by molar-refractivity contribution is 0.0595. The van der Waals surface area contributed by atoms with Gasteiger partial charge in [0, 0.05) is 146 Å². The van der Waals surface area contributed by atoms with Gasteiger partial charge >= 0.3 is 0 Å². The molecule has 636 valence electrons. The van der Waals surface area contributed by atoms with Gasteiger partial charge in [0.05, 0.1) is 36.0 Å². The van der Waals surface area contributed by atoms with Crippen LogP contribution in [0.1, 0.15) is 221 Å². The second-order valence-corrected chi connectivity index (χ2v) is 34.2. The SMILES string of the molecule is C#Cc1ccc(C2CCN(C(=O)c3cc(-c4n[nH]c(COC)n4)c(C4CCC4)cc3C)CC2)cc1.COCc1[nH]c(C)nc1-c1cc(C(=O)N2CC(c3ccc(C)cc3)C2)c(C)cc1C.Cc1ccc(C2CN(C(=O)c3cc(-c4n[nH]c(C)c4C)c(C)cc3C)C2)cc1.Cc1ccc(C2CN(C(=O)c3ccc(C)c(-c4[nH]nc(OCCO)c4C)c3)C2)cc1. The Bertz CT molecular complexity index is 5840. The number of aryl methyl sites for hydroxylation is 11. The Morgan fingerprint density at radius 1 is 0.455 bits per heavy atom. The smallest absolute Gasteiger partial charge is 0.254 e. The van der Waals surface area contributed by atoms with Crippen LogP contribution in [0, 0.1) is 102 Å². The van der Waals surface area contributed by atoms with Crippen LogP contribution in [-0.2, 0) is 22.7 Å². The summed E-state index contributed by atoms with van der Waals surface area (Å²) in [4.78, 5) is 73.5. The zero-order valence-electron chi connectivity index (χ0n) is 73.7. The van der Waals surface area contributed by atoms with Crippen molar-refractivity contribution in [3.05, 3.63) is 292 Å². The largest absolute Gasteiger partial charge is 0.474 e. The summed E-state index contributed by atoms with van der Waals surface area (Å²) in [5, 5.41) is 31.1. The summed E-state index contributed by atoms with van der Waals surface area (Å²) in [7, 11) is 3.31. The number of methoxy groups -OCH3 is 2. The van der Waals surface area contributed by atoms with Crippen LogP contribution < -0.4 is 4.74 Å². The Kier molecular flexibility index (Phi) is 27.1. The lowest BCUT2D eigenvalue weighted by Crippen LogP contribution is -2.48. The molecule has 12 aromatic rings. The van der Waals surface area contributed by atoms with Gasteiger partial charge in [-0.15, -0.1) is 11.5 Å². The molecule has 8 heterocycles. The minimum absolute atomic E-state index is 0.0496. The van der Waals surface area contributed by atoms with E-state index in [9.17, 15) is 19.2 Å². The number of aromatic nitrogens is 9. The predicted molar refractivity (Wildman–Crippen MR) is 484 cm³/mol. The highest BCUT2D eigenvalue weighted by atomic mass is 16.5. The third kappa shape index (κ3) is 19.4. The van der Waals surface area contributed by atoms with Crippen molar-refractivity contribution in [2.75, 3.05) is 79.8 Å². The average Bonchev–Trinajstić information content (AvgIpc) is 1.73. The van der Waals surface area contributed by atoms with Crippen molar-refractivity contribution >= 4 is 23.6 Å². The summed E-state index contributed by atoms with van der Waals surface area (Å²) < 4.78 is 16.0. The van der Waals surface area contributed by atoms with Crippen LogP contribution in [0.5, 0.6) is 5.88 Å². The fourth-order valence-corrected chi connectivity index (χ4v) is 17.3. The highest BCUT2D eigenvalue weighted by molar-refractivity contribution is 6.00. The number of likely N-dealkylation sites (tertiary alicyclic amines) is 4. The minimum atomic E-state index is -0.0654. The Balaban J connectivity index is 0.000000134. The second-order valence-electron chi connectivity index (χ2n) is 34.2. The Morgan fingerprint density at radius 3 is 1.43 bits per heavy atom. The van der Waals surface area contributed by atoms with Crippen LogP contribution in [0.4, 0.5) is 0 Å². The van der Waals surface area contributed by atoms with Gasteiger partial charge in [-0.25, -0.2) is 9.97 Å². The van der Waals surface area contributed by atoms with E-state index in [2.05, 4.69) is 196 Å². The topological polar surface area (TPSA) is 257 Å². The first kappa shape index (κ1) is 87.0. The number of imidazole rings is 1. The van der Waals surface area contributed by atoms with Crippen LogP contribution in [0.25, 0.3) is 45.2 Å². The zero-order valence-corrected chi connectivity index (χ0v) is 73.7. The van der Waals surface area contributed by atoms with Gasteiger partial charge in [-0.3, -0.25) is 34.5 Å². The summed E-state index contributed by atoms with van der Waals surface area (Å²) in [5.74, 6) is 7.89. The third-order valence-corrected chi connectivity index (χ3v) is 25.3. The minimum Gasteiger partial charge on any atom is -0.474 e. The van der Waals surface area contributed by atoms with E-state index in [0.717, 1.165) is 189 Å². The fraction of sp³-hybridized carbons (Fsp3) is 0.363. The normalized spacial score (nSPS) is 14.8. The first-order valence-corrected chi connectivity index (χ1v) is 42.9. The van der Waals surface area contributed by atoms with Gasteiger partial charge in [0.1, 0.15) is 19.0 Å². The quantitative estimate of drug-likeness (QED) is 0.0446. The van der Waals surface area contributed by atoms with E-state index in [0.29, 0.717) is 65.9 Å². The van der Waals surface area contributed by atoms with Crippen molar-refractivity contribution < 1.29 is 38.5 Å². The number of ether oxygens (including phenoxy) is 3. The molecule has 0 unspecified atom stereocenters. The molecule has 1 aliphatic carbocycles. The number of piperidine rings is 1. The van der Waals surface area contributed by atoms with E-state index in [1.165, 1.54) is 63.8 Å². The Morgan fingerprint density at radius 2 is 0.943 bits per heavy atom. The third-order valence-electron chi connectivity index (χ3n) is 25.3. The Hall–Kier alpha value is -12.4. The number of rotatable bonds is 20. The number of carbonyl (C=O) groups excluding carboxylic acids is 4. The maximum Gasteiger partial charge on any atom is 0.254 e. The lowest BCUT2D eigenvalue weighted by Gasteiger charge is -2.40. The van der Waals surface area contributed by atoms with E-state index < -0.39 is 0 Å². The molecule has 0 atom stereocenters. The summed E-state index contributed by atoms with van der Waals surface area (Å²) in [6, 6.07) is 52.3. The monoisotopic (exact) mass is 1650 g/mol. The molecule has 123 heavy (non-hydrogen) atoms. The zero-order chi connectivity index (χ0) is 87.0. The number of aromatic amines is 4. The van der Waals surface area contributed by atoms with Crippen molar-refractivity contribution in [2.24, 2.45) is 0 Å². The molecule has 5 fully saturated rings. The van der Waals surface area contributed by atoms with Crippen LogP contribution in [0.2, 0.25) is 0 Å². The highest BCUT2D eigenvalue weighted by Gasteiger charge is 2.37. The number of nitrogens with zero attached hydrogens (tertiary/aromatic N) is 9. The van der Waals surface area contributed by atoms with E-state index in [4.69, 9.17) is 25.7 Å². The van der Waals surface area contributed by atoms with E-state index in [1.807, 2.05) is 117 Å². The van der Waals surface area contributed by atoms with Crippen LogP contribution in [-0.4, -0.2) is 174 Å². The van der Waals surface area contributed by atoms with E-state index in [1.54, 1.807) is 14.2 Å². The molecule has 0 spiro atoms. The van der Waals surface area contributed by atoms with Crippen LogP contribution in [0.15, 0.2) is 152 Å². The lowest BCUT2D eigenvalue weighted by atomic mass is 9.77. The molecule has 5 N–H and O–H groups in total. The molecule has 17 rings (SSSR count). The second kappa shape index (κ2) is 38.4. The summed E-state index contributed by atoms with van der Waals surface area (Å²) in [6.07, 6.45) is 11.0. The standard InChI is InChI=1S/C29H32N4O2.C25H29N3O2.C24H27N3O3.C24H27N3O/c1-4-20-8-10-21(11-9-20)22-12-14-33(15-13-22)29(34)24-17-26(28-30-27(18-35-3)31-32-28)25(16-19(24)2)23-6-5-7-23;1-15-6-8-19(9-7-15)20-12-28(13-20)25(29)22-11-21(16(2)10-17(22)3)24-23(14-30-5)26-18(4)27-24;1-15-4-7-18(8-5-15)20-13-27(14-20)24(29)19-9-6-16(2)21(12-19)22-17(3)23(26-25-22)30-11-10-28;1-14-6-8-19(9-7-14)20-12-27(13-20)24(28)22-11-21(15(2)10-16(22)3)23-17(4)18(5)25-26-23/h1,8-11,16-17,22-23H,5-7,12-15,18H2,2-3H3,(H,30,31,32);6-11,20H,12-14H2,1-5H3,(H,26,27);4-9,12,20,28H,10-11,13-14H2,1-3H3,(H,25,26);6-11,20H,12-13H2,1-5H3,(H,25,26). The van der Waals surface area contributed by atoms with E-state index in [-0.39, 0.29) is 36.8 Å². The van der Waals surface area contributed by atoms with Crippen molar-refractivity contribution in [2.45, 2.75) is 165 Å². The number of terminal acetylenes is 1. The van der Waals surface area contributed by atoms with Gasteiger partial charge in [0.15, 0.2) is 11.6 Å². The maximum absolute atomic E-state index is 13.6. The van der Waals surface area contributed by atoms with Gasteiger partial charge in [0.2, 0.25) is 5.88 Å². The predicted octanol–water partition coefficient (Wildman–Crippen LogP) is 18.4. The molecule has 4 amide bonds. The fourth-order valence-electron chi connectivity index (χ4n) is 17.3. The number of H-pyrrole nitrogens is 4. The molecule has 8 aromatic carbocycles. The molecule has 4 saturated heterocycles. The van der Waals surface area contributed by atoms with Gasteiger partial charge < -0.3 is 43.9 Å². The first-order valence-electron chi connectivity index (χ1n) is 42.9. The molecule has 21 nitrogen and oxygen atoms in total. The van der Waals surface area contributed by atoms with Crippen molar-refractivity contribution in [1.29, 1.82) is 0 Å². The van der Waals surface area contributed by atoms with Gasteiger partial charge in [0.25, 0.3) is 23.6 Å². The summed E-state index contributed by atoms with van der Waals surface area (Å²) in [6.45, 7) is 33.5. The van der Waals surface area contributed by atoms with Crippen molar-refractivity contribution in [3.8, 4) is 63.4 Å². The van der Waals surface area contributed by atoms with Gasteiger partial charge in [-0.2, -0.15) is 10.2 Å². The van der Waals surface area contributed by atoms with Crippen molar-refractivity contribution in [3.63, 3.8) is 0 Å². The number of aliphatic hydroxyl groups is 1. The number of carbonyl (C=O) groups is 4. The molecule has 4 aromatic heterocycles. The summed E-state index contributed by atoms with van der Waals surface area (Å²) in [5.41, 5.74) is 31.0. The number of hydrogen-bond donors (Lipinski definition) is 5.